The average molecular weight is 363 g/mol. The first-order valence-electron chi connectivity index (χ1n) is 9.53. The molecule has 1 aliphatic rings. The Hall–Kier alpha value is -2.73. The zero-order chi connectivity index (χ0) is 18.8. The van der Waals surface area contributed by atoms with Crippen molar-refractivity contribution in [1.82, 2.24) is 25.0 Å². The number of likely N-dealkylation sites (tertiary alicyclic amines) is 1. The number of hydrogen-bond donors (Lipinski definition) is 1. The van der Waals surface area contributed by atoms with Crippen molar-refractivity contribution in [3.63, 3.8) is 0 Å². The maximum atomic E-state index is 13.1. The predicted molar refractivity (Wildman–Crippen MR) is 107 cm³/mol. The molecule has 3 heterocycles. The van der Waals surface area contributed by atoms with E-state index in [0.717, 1.165) is 41.9 Å². The molecule has 0 spiro atoms. The van der Waals surface area contributed by atoms with Crippen LogP contribution in [0.3, 0.4) is 0 Å². The molecule has 2 aromatic heterocycles. The summed E-state index contributed by atoms with van der Waals surface area (Å²) in [4.78, 5) is 20.2. The third-order valence-electron chi connectivity index (χ3n) is 5.15. The molecule has 0 unspecified atom stereocenters. The molecular weight excluding hydrogens is 338 g/mol. The summed E-state index contributed by atoms with van der Waals surface area (Å²) in [5, 5.41) is 8.27. The lowest BCUT2D eigenvalue weighted by molar-refractivity contribution is 0.0933. The number of rotatable bonds is 5. The lowest BCUT2D eigenvalue weighted by Crippen LogP contribution is -2.41. The molecule has 1 amide bonds. The van der Waals surface area contributed by atoms with Gasteiger partial charge in [-0.15, -0.1) is 0 Å². The molecule has 4 rings (SSSR count). The van der Waals surface area contributed by atoms with E-state index in [1.165, 1.54) is 12.8 Å². The molecule has 1 fully saturated rings. The number of carbonyl (C=O) groups excluding carboxylic acids is 1. The van der Waals surface area contributed by atoms with E-state index in [-0.39, 0.29) is 11.9 Å². The van der Waals surface area contributed by atoms with Gasteiger partial charge in [0.25, 0.3) is 5.91 Å². The molecule has 6 heteroatoms. The zero-order valence-electron chi connectivity index (χ0n) is 15.9. The molecular formula is C21H25N5O. The van der Waals surface area contributed by atoms with Gasteiger partial charge in [0.05, 0.1) is 22.5 Å². The van der Waals surface area contributed by atoms with Crippen LogP contribution in [0.15, 0.2) is 42.6 Å². The van der Waals surface area contributed by atoms with E-state index in [9.17, 15) is 4.79 Å². The van der Waals surface area contributed by atoms with E-state index in [2.05, 4.69) is 22.2 Å². The molecule has 0 aliphatic carbocycles. The fourth-order valence-electron chi connectivity index (χ4n) is 3.82. The highest BCUT2D eigenvalue weighted by atomic mass is 16.1. The summed E-state index contributed by atoms with van der Waals surface area (Å²) in [6.45, 7) is 5.22. The van der Waals surface area contributed by atoms with Gasteiger partial charge in [0, 0.05) is 31.2 Å². The van der Waals surface area contributed by atoms with Crippen molar-refractivity contribution in [2.45, 2.75) is 25.8 Å². The second-order valence-electron chi connectivity index (χ2n) is 7.29. The smallest absolute Gasteiger partial charge is 0.252 e. The number of amides is 1. The van der Waals surface area contributed by atoms with Crippen LogP contribution in [0.2, 0.25) is 0 Å². The van der Waals surface area contributed by atoms with Crippen molar-refractivity contribution in [3.05, 3.63) is 48.2 Å². The number of aromatic nitrogens is 3. The summed E-state index contributed by atoms with van der Waals surface area (Å²) < 4.78 is 1.77. The Morgan fingerprint density at radius 2 is 2.00 bits per heavy atom. The molecule has 0 saturated carbocycles. The second-order valence-corrected chi connectivity index (χ2v) is 7.29. The second kappa shape index (κ2) is 7.48. The zero-order valence-corrected chi connectivity index (χ0v) is 15.9. The van der Waals surface area contributed by atoms with E-state index in [0.29, 0.717) is 5.56 Å². The molecule has 140 valence electrons. The average Bonchev–Trinajstić information content (AvgIpc) is 3.32. The van der Waals surface area contributed by atoms with E-state index < -0.39 is 0 Å². The Labute approximate surface area is 159 Å². The normalized spacial score (nSPS) is 15.9. The van der Waals surface area contributed by atoms with Crippen molar-refractivity contribution in [2.24, 2.45) is 7.05 Å². The summed E-state index contributed by atoms with van der Waals surface area (Å²) in [6.07, 6.45) is 4.25. The van der Waals surface area contributed by atoms with E-state index in [1.807, 2.05) is 43.4 Å². The Morgan fingerprint density at radius 1 is 1.22 bits per heavy atom. The predicted octanol–water partition coefficient (Wildman–Crippen LogP) is 2.85. The first-order chi connectivity index (χ1) is 13.1. The van der Waals surface area contributed by atoms with Crippen LogP contribution in [0.5, 0.6) is 0 Å². The maximum Gasteiger partial charge on any atom is 0.252 e. The van der Waals surface area contributed by atoms with Gasteiger partial charge in [-0.2, -0.15) is 5.10 Å². The van der Waals surface area contributed by atoms with Crippen molar-refractivity contribution < 1.29 is 4.79 Å². The van der Waals surface area contributed by atoms with Gasteiger partial charge >= 0.3 is 0 Å². The number of pyridine rings is 1. The Balaban J connectivity index is 1.65. The first-order valence-corrected chi connectivity index (χ1v) is 9.53. The monoisotopic (exact) mass is 363 g/mol. The maximum absolute atomic E-state index is 13.1. The molecule has 1 saturated heterocycles. The molecule has 0 radical (unpaired) electrons. The highest BCUT2D eigenvalue weighted by Crippen LogP contribution is 2.24. The van der Waals surface area contributed by atoms with Crippen LogP contribution in [0, 0.1) is 0 Å². The number of benzene rings is 1. The number of nitrogens with one attached hydrogen (secondary N) is 1. The van der Waals surface area contributed by atoms with Gasteiger partial charge in [-0.1, -0.05) is 18.2 Å². The number of nitrogens with zero attached hydrogens (tertiary/aromatic N) is 4. The number of aryl methyl sites for hydroxylation is 1. The standard InChI is InChI=1S/C21H25N5O/c1-15(14-26-11-5-6-12-26)23-21(27)17-13-19(20-9-10-22-25(20)2)24-18-8-4-3-7-16(17)18/h3-4,7-10,13,15H,5-6,11-12,14H2,1-2H3,(H,23,27)/t15-/m1/s1. The number of hydrogen-bond acceptors (Lipinski definition) is 4. The van der Waals surface area contributed by atoms with Crippen molar-refractivity contribution in [1.29, 1.82) is 0 Å². The highest BCUT2D eigenvalue weighted by molar-refractivity contribution is 6.07. The summed E-state index contributed by atoms with van der Waals surface area (Å²) in [5.41, 5.74) is 3.12. The van der Waals surface area contributed by atoms with Crippen LogP contribution in [-0.4, -0.2) is 51.2 Å². The van der Waals surface area contributed by atoms with Gasteiger partial charge in [0.15, 0.2) is 0 Å². The van der Waals surface area contributed by atoms with Gasteiger partial charge in [0.2, 0.25) is 0 Å². The summed E-state index contributed by atoms with van der Waals surface area (Å²) in [6, 6.07) is 11.7. The molecule has 6 nitrogen and oxygen atoms in total. The molecule has 1 aromatic carbocycles. The van der Waals surface area contributed by atoms with Gasteiger partial charge in [0.1, 0.15) is 0 Å². The minimum absolute atomic E-state index is 0.0521. The Kier molecular flexibility index (Phi) is 4.90. The van der Waals surface area contributed by atoms with Crippen LogP contribution in [0.1, 0.15) is 30.1 Å². The fraction of sp³-hybridized carbons (Fsp3) is 0.381. The van der Waals surface area contributed by atoms with Crippen molar-refractivity contribution >= 4 is 16.8 Å². The SMILES string of the molecule is C[C@H](CN1CCCC1)NC(=O)c1cc(-c2ccnn2C)nc2ccccc12. The van der Waals surface area contributed by atoms with Gasteiger partial charge in [-0.25, -0.2) is 4.98 Å². The molecule has 1 aliphatic heterocycles. The molecule has 27 heavy (non-hydrogen) atoms. The minimum atomic E-state index is -0.0521. The minimum Gasteiger partial charge on any atom is -0.348 e. The van der Waals surface area contributed by atoms with Crippen LogP contribution >= 0.6 is 0 Å². The number of fused-ring (bicyclic) bond motifs is 1. The van der Waals surface area contributed by atoms with Crippen LogP contribution < -0.4 is 5.32 Å². The molecule has 1 atom stereocenters. The lowest BCUT2D eigenvalue weighted by Gasteiger charge is -2.21. The fourth-order valence-corrected chi connectivity index (χ4v) is 3.82. The third kappa shape index (κ3) is 3.71. The van der Waals surface area contributed by atoms with Crippen LogP contribution in [0.4, 0.5) is 0 Å². The quantitative estimate of drug-likeness (QED) is 0.757. The Bertz CT molecular complexity index is 958. The largest absolute Gasteiger partial charge is 0.348 e. The lowest BCUT2D eigenvalue weighted by atomic mass is 10.1. The van der Waals surface area contributed by atoms with Gasteiger partial charge < -0.3 is 10.2 Å². The molecule has 3 aromatic rings. The van der Waals surface area contributed by atoms with E-state index in [1.54, 1.807) is 10.9 Å². The Morgan fingerprint density at radius 3 is 2.74 bits per heavy atom. The molecule has 0 bridgehead atoms. The number of carbonyl (C=O) groups is 1. The first kappa shape index (κ1) is 17.7. The summed E-state index contributed by atoms with van der Waals surface area (Å²) in [5.74, 6) is -0.0521. The molecule has 1 N–H and O–H groups in total. The van der Waals surface area contributed by atoms with Crippen molar-refractivity contribution in [2.75, 3.05) is 19.6 Å². The van der Waals surface area contributed by atoms with E-state index in [4.69, 9.17) is 4.98 Å². The van der Waals surface area contributed by atoms with Gasteiger partial charge in [-0.3, -0.25) is 9.48 Å². The topological polar surface area (TPSA) is 63.1 Å². The summed E-state index contributed by atoms with van der Waals surface area (Å²) >= 11 is 0. The van der Waals surface area contributed by atoms with Crippen LogP contribution in [0.25, 0.3) is 22.3 Å². The summed E-state index contributed by atoms with van der Waals surface area (Å²) in [7, 11) is 1.88. The van der Waals surface area contributed by atoms with Crippen molar-refractivity contribution in [3.8, 4) is 11.4 Å². The highest BCUT2D eigenvalue weighted by Gasteiger charge is 2.19. The third-order valence-corrected chi connectivity index (χ3v) is 5.15. The van der Waals surface area contributed by atoms with Crippen LogP contribution in [-0.2, 0) is 7.05 Å². The van der Waals surface area contributed by atoms with Gasteiger partial charge in [-0.05, 0) is 51.1 Å². The van der Waals surface area contributed by atoms with E-state index >= 15 is 0 Å². The number of para-hydroxylation sites is 1.